The molecule has 1 aliphatic rings. The van der Waals surface area contributed by atoms with E-state index in [1.807, 2.05) is 6.07 Å². The minimum Gasteiger partial charge on any atom is -0.454 e. The summed E-state index contributed by atoms with van der Waals surface area (Å²) in [5.74, 6) is 0.719. The molecule has 0 aliphatic carbocycles. The van der Waals surface area contributed by atoms with Crippen LogP contribution in [-0.2, 0) is 5.41 Å². The largest absolute Gasteiger partial charge is 0.454 e. The monoisotopic (exact) mass is 692 g/mol. The Balaban J connectivity index is 1.13. The normalized spacial score (nSPS) is 13.5. The maximum Gasteiger partial charge on any atom is 0.161 e. The number of para-hydroxylation sites is 5. The zero-order valence-corrected chi connectivity index (χ0v) is 29.7. The van der Waals surface area contributed by atoms with Crippen molar-refractivity contribution in [1.29, 1.82) is 0 Å². The summed E-state index contributed by atoms with van der Waals surface area (Å²) in [5.41, 5.74) is 14.8. The highest BCUT2D eigenvalue weighted by Gasteiger charge is 2.38. The van der Waals surface area contributed by atoms with Crippen LogP contribution in [0, 0.1) is 0 Å². The molecule has 0 radical (unpaired) electrons. The van der Waals surface area contributed by atoms with Gasteiger partial charge in [0.2, 0.25) is 0 Å². The molecule has 0 N–H and O–H groups in total. The lowest BCUT2D eigenvalue weighted by Gasteiger charge is -2.36. The fourth-order valence-electron chi connectivity index (χ4n) is 9.36. The molecule has 0 saturated carbocycles. The topological polar surface area (TPSA) is 48.8 Å². The Hall–Kier alpha value is -6.98. The van der Waals surface area contributed by atoms with E-state index in [4.69, 9.17) is 14.4 Å². The summed E-state index contributed by atoms with van der Waals surface area (Å²) >= 11 is 0. The van der Waals surface area contributed by atoms with Crippen LogP contribution in [0.3, 0.4) is 0 Å². The van der Waals surface area contributed by atoms with E-state index in [0.717, 1.165) is 72.4 Å². The Labute approximate surface area is 310 Å². The summed E-state index contributed by atoms with van der Waals surface area (Å²) in [5, 5.41) is 5.68. The average molecular weight is 693 g/mol. The molecule has 0 fully saturated rings. The molecule has 54 heavy (non-hydrogen) atoms. The predicted octanol–water partition coefficient (Wildman–Crippen LogP) is 12.5. The number of hydrogen-bond donors (Lipinski definition) is 0. The molecule has 0 unspecified atom stereocenters. The van der Waals surface area contributed by atoms with Crippen LogP contribution in [0.25, 0.3) is 99.7 Å². The molecule has 11 aromatic rings. The first-order valence-electron chi connectivity index (χ1n) is 18.5. The molecule has 0 saturated heterocycles. The van der Waals surface area contributed by atoms with E-state index in [1.54, 1.807) is 0 Å². The number of fused-ring (bicyclic) bond motifs is 11. The van der Waals surface area contributed by atoms with E-state index in [0.29, 0.717) is 0 Å². The van der Waals surface area contributed by atoms with E-state index in [-0.39, 0.29) is 5.41 Å². The standard InChI is InChI=1S/C49H32N4O/c1-49(2)37-21-12-20-35-45(37)53(46-33-18-8-11-25-42(33)54-47(35)46)41-24-13-19-34(43(41)49)48-50-38-22-9-6-17-32(38)44(51-48)29-26-27-40-36(28-29)31-16-7-10-23-39(31)52(40)30-14-4-3-5-15-30/h3-28H,1-2H3. The van der Waals surface area contributed by atoms with Gasteiger partial charge in [0.25, 0.3) is 0 Å². The average Bonchev–Trinajstić information content (AvgIpc) is 3.87. The zero-order chi connectivity index (χ0) is 35.7. The SMILES string of the molecule is CC1(C)c2c(-c3nc(-c4ccc5c(c4)c4ccccc4n5-c4ccccc4)c4ccccc4n3)cccc2-n2c3c1cccc3c1oc3ccccc3c12. The zero-order valence-electron chi connectivity index (χ0n) is 29.7. The van der Waals surface area contributed by atoms with Gasteiger partial charge in [0.1, 0.15) is 11.1 Å². The van der Waals surface area contributed by atoms with Gasteiger partial charge in [-0.3, -0.25) is 0 Å². The Morgan fingerprint density at radius 2 is 1.26 bits per heavy atom. The van der Waals surface area contributed by atoms with Crippen LogP contribution < -0.4 is 0 Å². The molecule has 0 bridgehead atoms. The van der Waals surface area contributed by atoms with Crippen molar-refractivity contribution in [3.05, 3.63) is 169 Å². The first-order chi connectivity index (χ1) is 26.6. The molecule has 5 nitrogen and oxygen atoms in total. The number of aromatic nitrogens is 4. The van der Waals surface area contributed by atoms with Gasteiger partial charge in [-0.15, -0.1) is 0 Å². The first kappa shape index (κ1) is 29.6. The maximum absolute atomic E-state index is 6.58. The minimum atomic E-state index is -0.347. The minimum absolute atomic E-state index is 0.347. The predicted molar refractivity (Wildman–Crippen MR) is 221 cm³/mol. The third kappa shape index (κ3) is 3.83. The van der Waals surface area contributed by atoms with Crippen LogP contribution in [0.1, 0.15) is 25.0 Å². The summed E-state index contributed by atoms with van der Waals surface area (Å²) in [4.78, 5) is 10.8. The van der Waals surface area contributed by atoms with E-state index >= 15 is 0 Å². The van der Waals surface area contributed by atoms with Crippen molar-refractivity contribution >= 4 is 65.7 Å². The molecule has 0 amide bonds. The summed E-state index contributed by atoms with van der Waals surface area (Å²) < 4.78 is 11.4. The number of benzene rings is 7. The van der Waals surface area contributed by atoms with Crippen LogP contribution in [0.5, 0.6) is 0 Å². The third-order valence-electron chi connectivity index (χ3n) is 11.7. The van der Waals surface area contributed by atoms with E-state index in [1.165, 1.54) is 38.4 Å². The second-order valence-electron chi connectivity index (χ2n) is 15.0. The van der Waals surface area contributed by atoms with Crippen molar-refractivity contribution in [2.75, 3.05) is 0 Å². The van der Waals surface area contributed by atoms with Gasteiger partial charge in [0.05, 0.1) is 33.4 Å². The van der Waals surface area contributed by atoms with Crippen LogP contribution in [0.4, 0.5) is 0 Å². The highest BCUT2D eigenvalue weighted by Crippen LogP contribution is 2.51. The number of furan rings is 1. The quantitative estimate of drug-likeness (QED) is 0.185. The molecular weight excluding hydrogens is 661 g/mol. The van der Waals surface area contributed by atoms with Crippen molar-refractivity contribution in [3.8, 4) is 34.0 Å². The molecule has 7 aromatic carbocycles. The summed E-state index contributed by atoms with van der Waals surface area (Å²) in [6.07, 6.45) is 0. The van der Waals surface area contributed by atoms with Gasteiger partial charge in [0, 0.05) is 49.2 Å². The molecule has 5 heteroatoms. The van der Waals surface area contributed by atoms with Crippen LogP contribution in [0.2, 0.25) is 0 Å². The lowest BCUT2D eigenvalue weighted by atomic mass is 9.72. The second-order valence-corrected chi connectivity index (χ2v) is 15.0. The molecule has 0 atom stereocenters. The van der Waals surface area contributed by atoms with Gasteiger partial charge in [0.15, 0.2) is 11.4 Å². The number of hydrogen-bond acceptors (Lipinski definition) is 3. The van der Waals surface area contributed by atoms with Gasteiger partial charge >= 0.3 is 0 Å². The Morgan fingerprint density at radius 1 is 0.537 bits per heavy atom. The van der Waals surface area contributed by atoms with Crippen LogP contribution in [-0.4, -0.2) is 19.1 Å². The summed E-state index contributed by atoms with van der Waals surface area (Å²) in [6.45, 7) is 4.66. The van der Waals surface area contributed by atoms with E-state index in [2.05, 4.69) is 175 Å². The molecule has 5 heterocycles. The maximum atomic E-state index is 6.58. The highest BCUT2D eigenvalue weighted by atomic mass is 16.3. The summed E-state index contributed by atoms with van der Waals surface area (Å²) in [7, 11) is 0. The van der Waals surface area contributed by atoms with Gasteiger partial charge < -0.3 is 13.6 Å². The fraction of sp³-hybridized carbons (Fsp3) is 0.0612. The van der Waals surface area contributed by atoms with Gasteiger partial charge in [-0.25, -0.2) is 9.97 Å². The van der Waals surface area contributed by atoms with Gasteiger partial charge in [-0.1, -0.05) is 111 Å². The van der Waals surface area contributed by atoms with Crippen LogP contribution in [0.15, 0.2) is 162 Å². The smallest absolute Gasteiger partial charge is 0.161 e. The summed E-state index contributed by atoms with van der Waals surface area (Å²) in [6, 6.07) is 56.0. The van der Waals surface area contributed by atoms with Crippen molar-refractivity contribution in [2.24, 2.45) is 0 Å². The third-order valence-corrected chi connectivity index (χ3v) is 11.7. The molecule has 12 rings (SSSR count). The van der Waals surface area contributed by atoms with Crippen molar-refractivity contribution < 1.29 is 4.42 Å². The van der Waals surface area contributed by atoms with Crippen molar-refractivity contribution in [3.63, 3.8) is 0 Å². The Morgan fingerprint density at radius 3 is 2.15 bits per heavy atom. The van der Waals surface area contributed by atoms with E-state index < -0.39 is 0 Å². The van der Waals surface area contributed by atoms with Crippen molar-refractivity contribution in [1.82, 2.24) is 19.1 Å². The van der Waals surface area contributed by atoms with Crippen LogP contribution >= 0.6 is 0 Å². The highest BCUT2D eigenvalue weighted by molar-refractivity contribution is 6.18. The Bertz CT molecular complexity index is 3360. The van der Waals surface area contributed by atoms with Gasteiger partial charge in [-0.2, -0.15) is 0 Å². The molecular formula is C49H32N4O. The number of rotatable bonds is 3. The molecule has 254 valence electrons. The second kappa shape index (κ2) is 10.6. The van der Waals surface area contributed by atoms with E-state index in [9.17, 15) is 0 Å². The Kier molecular flexibility index (Phi) is 5.78. The molecule has 1 aliphatic heterocycles. The number of nitrogens with zero attached hydrogens (tertiary/aromatic N) is 4. The first-order valence-corrected chi connectivity index (χ1v) is 18.5. The molecule has 4 aromatic heterocycles. The van der Waals surface area contributed by atoms with Crippen molar-refractivity contribution in [2.45, 2.75) is 19.3 Å². The molecule has 0 spiro atoms. The lowest BCUT2D eigenvalue weighted by Crippen LogP contribution is -2.27. The fourth-order valence-corrected chi connectivity index (χ4v) is 9.36. The van der Waals surface area contributed by atoms with Gasteiger partial charge in [-0.05, 0) is 71.8 Å². The lowest BCUT2D eigenvalue weighted by molar-refractivity contribution is 0.631.